The van der Waals surface area contributed by atoms with Gasteiger partial charge in [0.2, 0.25) is 0 Å². The molecule has 2 heterocycles. The number of aryl methyl sites for hydroxylation is 1. The molecule has 1 aliphatic rings. The van der Waals surface area contributed by atoms with Crippen LogP contribution in [0.2, 0.25) is 0 Å². The molecule has 17 heavy (non-hydrogen) atoms. The number of nitrogens with two attached hydrogens (primary N) is 2. The first kappa shape index (κ1) is 10.3. The van der Waals surface area contributed by atoms with Crippen LogP contribution in [0.4, 0.5) is 5.69 Å². The van der Waals surface area contributed by atoms with Gasteiger partial charge in [-0.1, -0.05) is 6.07 Å². The maximum Gasteiger partial charge on any atom is 0.164 e. The summed E-state index contributed by atoms with van der Waals surface area (Å²) < 4.78 is 2.15. The molecule has 0 saturated carbocycles. The maximum absolute atomic E-state index is 5.83. The monoisotopic (exact) mass is 229 g/mol. The molecule has 88 valence electrons. The molecule has 0 aliphatic carbocycles. The minimum absolute atomic E-state index is 0.599. The van der Waals surface area contributed by atoms with Crippen LogP contribution in [0.3, 0.4) is 0 Å². The van der Waals surface area contributed by atoms with E-state index in [-0.39, 0.29) is 0 Å². The first-order valence-corrected chi connectivity index (χ1v) is 5.80. The zero-order chi connectivity index (χ0) is 11.8. The number of benzene rings is 1. The fourth-order valence-corrected chi connectivity index (χ4v) is 2.34. The summed E-state index contributed by atoms with van der Waals surface area (Å²) in [5.41, 5.74) is 14.6. The molecule has 0 spiro atoms. The summed E-state index contributed by atoms with van der Waals surface area (Å²) in [4.78, 5) is 0. The number of fused-ring (bicyclic) bond motifs is 3. The van der Waals surface area contributed by atoms with Crippen molar-refractivity contribution >= 4 is 5.69 Å². The van der Waals surface area contributed by atoms with E-state index in [2.05, 4.69) is 20.8 Å². The van der Waals surface area contributed by atoms with Crippen LogP contribution in [0, 0.1) is 0 Å². The predicted molar refractivity (Wildman–Crippen MR) is 66.3 cm³/mol. The SMILES string of the molecule is NCCc1nnc2n1CCc1ccc(N)cc1-2. The molecule has 0 radical (unpaired) electrons. The van der Waals surface area contributed by atoms with Crippen molar-refractivity contribution in [2.75, 3.05) is 12.3 Å². The van der Waals surface area contributed by atoms with E-state index in [9.17, 15) is 0 Å². The lowest BCUT2D eigenvalue weighted by Gasteiger charge is -2.18. The van der Waals surface area contributed by atoms with E-state index in [0.29, 0.717) is 6.54 Å². The smallest absolute Gasteiger partial charge is 0.164 e. The van der Waals surface area contributed by atoms with Crippen LogP contribution in [-0.2, 0) is 19.4 Å². The van der Waals surface area contributed by atoms with Gasteiger partial charge in [0.25, 0.3) is 0 Å². The van der Waals surface area contributed by atoms with Gasteiger partial charge in [-0.3, -0.25) is 0 Å². The van der Waals surface area contributed by atoms with Crippen molar-refractivity contribution in [1.82, 2.24) is 14.8 Å². The fraction of sp³-hybridized carbons (Fsp3) is 0.333. The zero-order valence-corrected chi connectivity index (χ0v) is 9.56. The van der Waals surface area contributed by atoms with Gasteiger partial charge >= 0.3 is 0 Å². The highest BCUT2D eigenvalue weighted by molar-refractivity contribution is 5.67. The van der Waals surface area contributed by atoms with Crippen molar-refractivity contribution in [3.8, 4) is 11.4 Å². The Morgan fingerprint density at radius 3 is 3.00 bits per heavy atom. The third-order valence-electron chi connectivity index (χ3n) is 3.17. The van der Waals surface area contributed by atoms with Gasteiger partial charge < -0.3 is 16.0 Å². The van der Waals surface area contributed by atoms with Crippen LogP contribution in [-0.4, -0.2) is 21.3 Å². The number of hydrogen-bond donors (Lipinski definition) is 2. The Bertz CT molecular complexity index is 558. The fourth-order valence-electron chi connectivity index (χ4n) is 2.34. The van der Waals surface area contributed by atoms with E-state index >= 15 is 0 Å². The molecular weight excluding hydrogens is 214 g/mol. The maximum atomic E-state index is 5.83. The Kier molecular flexibility index (Phi) is 2.33. The molecule has 2 aromatic rings. The van der Waals surface area contributed by atoms with Crippen LogP contribution in [0.25, 0.3) is 11.4 Å². The van der Waals surface area contributed by atoms with Crippen LogP contribution < -0.4 is 11.5 Å². The summed E-state index contributed by atoms with van der Waals surface area (Å²) in [6.45, 7) is 1.52. The standard InChI is InChI=1S/C12H15N5/c13-5-3-11-15-16-12-10-7-9(14)2-1-8(10)4-6-17(11)12/h1-2,7H,3-6,13-14H2. The highest BCUT2D eigenvalue weighted by atomic mass is 15.3. The highest BCUT2D eigenvalue weighted by Crippen LogP contribution is 2.30. The first-order valence-electron chi connectivity index (χ1n) is 5.80. The average molecular weight is 229 g/mol. The summed E-state index contributed by atoms with van der Waals surface area (Å²) in [5.74, 6) is 1.89. The van der Waals surface area contributed by atoms with Crippen LogP contribution >= 0.6 is 0 Å². The average Bonchev–Trinajstić information content (AvgIpc) is 2.73. The van der Waals surface area contributed by atoms with Gasteiger partial charge in [-0.15, -0.1) is 10.2 Å². The third kappa shape index (κ3) is 1.59. The Morgan fingerprint density at radius 1 is 1.29 bits per heavy atom. The molecule has 0 unspecified atom stereocenters. The molecule has 0 fully saturated rings. The number of nitrogen functional groups attached to an aromatic ring is 1. The number of nitrogens with zero attached hydrogens (tertiary/aromatic N) is 3. The lowest BCUT2D eigenvalue weighted by Crippen LogP contribution is -2.16. The number of rotatable bonds is 2. The quantitative estimate of drug-likeness (QED) is 0.738. The third-order valence-corrected chi connectivity index (χ3v) is 3.17. The molecule has 5 heteroatoms. The van der Waals surface area contributed by atoms with E-state index in [1.54, 1.807) is 0 Å². The lowest BCUT2D eigenvalue weighted by atomic mass is 10.00. The summed E-state index contributed by atoms with van der Waals surface area (Å²) in [7, 11) is 0. The molecule has 1 aromatic heterocycles. The first-order chi connectivity index (χ1) is 8.29. The number of aromatic nitrogens is 3. The molecule has 0 bridgehead atoms. The van der Waals surface area contributed by atoms with Crippen molar-refractivity contribution in [2.24, 2.45) is 5.73 Å². The normalized spacial score (nSPS) is 13.2. The van der Waals surface area contributed by atoms with Crippen LogP contribution in [0.1, 0.15) is 11.4 Å². The van der Waals surface area contributed by atoms with Gasteiger partial charge in [-0.25, -0.2) is 0 Å². The molecule has 4 N–H and O–H groups in total. The summed E-state index contributed by atoms with van der Waals surface area (Å²) >= 11 is 0. The van der Waals surface area contributed by atoms with Gasteiger partial charge in [0.15, 0.2) is 5.82 Å². The topological polar surface area (TPSA) is 82.8 Å². The number of hydrogen-bond acceptors (Lipinski definition) is 4. The molecule has 0 amide bonds. The Hall–Kier alpha value is -1.88. The minimum Gasteiger partial charge on any atom is -0.399 e. The second-order valence-corrected chi connectivity index (χ2v) is 4.30. The largest absolute Gasteiger partial charge is 0.399 e. The second kappa shape index (κ2) is 3.85. The van der Waals surface area contributed by atoms with E-state index in [1.807, 2.05) is 12.1 Å². The van der Waals surface area contributed by atoms with Gasteiger partial charge in [0.05, 0.1) is 0 Å². The molecular formula is C12H15N5. The van der Waals surface area contributed by atoms with E-state index in [0.717, 1.165) is 42.3 Å². The Balaban J connectivity index is 2.13. The van der Waals surface area contributed by atoms with Gasteiger partial charge in [-0.05, 0) is 30.7 Å². The Labute approximate surface area is 99.4 Å². The molecule has 0 atom stereocenters. The van der Waals surface area contributed by atoms with Crippen molar-refractivity contribution in [2.45, 2.75) is 19.4 Å². The van der Waals surface area contributed by atoms with Gasteiger partial charge in [0, 0.05) is 24.2 Å². The van der Waals surface area contributed by atoms with Crippen molar-refractivity contribution in [1.29, 1.82) is 0 Å². The molecule has 5 nitrogen and oxygen atoms in total. The predicted octanol–water partition coefficient (Wildman–Crippen LogP) is 0.585. The Morgan fingerprint density at radius 2 is 2.18 bits per heavy atom. The van der Waals surface area contributed by atoms with Crippen molar-refractivity contribution in [3.05, 3.63) is 29.6 Å². The van der Waals surface area contributed by atoms with E-state index in [1.165, 1.54) is 5.56 Å². The highest BCUT2D eigenvalue weighted by Gasteiger charge is 2.20. The van der Waals surface area contributed by atoms with Crippen LogP contribution in [0.15, 0.2) is 18.2 Å². The van der Waals surface area contributed by atoms with Crippen molar-refractivity contribution < 1.29 is 0 Å². The van der Waals surface area contributed by atoms with Crippen molar-refractivity contribution in [3.63, 3.8) is 0 Å². The molecule has 0 saturated heterocycles. The number of anilines is 1. The lowest BCUT2D eigenvalue weighted by molar-refractivity contribution is 0.640. The van der Waals surface area contributed by atoms with Crippen LogP contribution in [0.5, 0.6) is 0 Å². The minimum atomic E-state index is 0.599. The zero-order valence-electron chi connectivity index (χ0n) is 9.56. The molecule has 1 aromatic carbocycles. The summed E-state index contributed by atoms with van der Waals surface area (Å²) in [5, 5.41) is 8.47. The van der Waals surface area contributed by atoms with E-state index in [4.69, 9.17) is 11.5 Å². The molecule has 3 rings (SSSR count). The summed E-state index contributed by atoms with van der Waals surface area (Å²) in [6.07, 6.45) is 1.77. The molecule has 1 aliphatic heterocycles. The van der Waals surface area contributed by atoms with Gasteiger partial charge in [-0.2, -0.15) is 0 Å². The van der Waals surface area contributed by atoms with E-state index < -0.39 is 0 Å². The second-order valence-electron chi connectivity index (χ2n) is 4.30. The van der Waals surface area contributed by atoms with Gasteiger partial charge in [0.1, 0.15) is 5.82 Å². The summed E-state index contributed by atoms with van der Waals surface area (Å²) in [6, 6.07) is 5.98.